The largest absolute Gasteiger partial charge is 0.303 e. The first-order valence-electron chi connectivity index (χ1n) is 6.37. The molecular formula is C12H23IN2. The molecule has 2 saturated heterocycles. The normalized spacial score (nSPS) is 28.4. The van der Waals surface area contributed by atoms with E-state index in [0.717, 1.165) is 11.8 Å². The highest BCUT2D eigenvalue weighted by atomic mass is 127. The molecule has 0 radical (unpaired) electrons. The Labute approximate surface area is 108 Å². The van der Waals surface area contributed by atoms with E-state index in [9.17, 15) is 0 Å². The van der Waals surface area contributed by atoms with Gasteiger partial charge in [0.05, 0.1) is 0 Å². The second-order valence-electron chi connectivity index (χ2n) is 5.34. The highest BCUT2D eigenvalue weighted by molar-refractivity contribution is 14.1. The first-order valence-corrected chi connectivity index (χ1v) is 7.33. The summed E-state index contributed by atoms with van der Waals surface area (Å²) in [5.74, 6) is 1.95. The van der Waals surface area contributed by atoms with Crippen molar-refractivity contribution in [1.29, 1.82) is 0 Å². The van der Waals surface area contributed by atoms with Gasteiger partial charge in [0.2, 0.25) is 0 Å². The number of rotatable bonds is 2. The monoisotopic (exact) mass is 322 g/mol. The molecule has 88 valence electrons. The summed E-state index contributed by atoms with van der Waals surface area (Å²) in [6.45, 7) is 9.07. The van der Waals surface area contributed by atoms with Gasteiger partial charge in [-0.25, -0.2) is 3.11 Å². The first-order chi connectivity index (χ1) is 7.24. The molecule has 0 bridgehead atoms. The predicted octanol–water partition coefficient (Wildman–Crippen LogP) is 2.78. The molecule has 2 rings (SSSR count). The SMILES string of the molecule is CC1CCN(CC2CCN(I)CC2)CC1. The van der Waals surface area contributed by atoms with Crippen LogP contribution in [0.1, 0.15) is 32.6 Å². The standard InChI is InChI=1S/C12H23IN2/c1-11-2-6-14(7-3-11)10-12-4-8-15(13)9-5-12/h11-12H,2-10H2,1H3. The van der Waals surface area contributed by atoms with Gasteiger partial charge >= 0.3 is 0 Å². The van der Waals surface area contributed by atoms with Gasteiger partial charge in [-0.15, -0.1) is 0 Å². The molecule has 0 aromatic carbocycles. The molecule has 0 atom stereocenters. The number of piperidine rings is 2. The first kappa shape index (κ1) is 12.1. The molecule has 2 fully saturated rings. The fourth-order valence-corrected chi connectivity index (χ4v) is 3.25. The quantitative estimate of drug-likeness (QED) is 0.570. The van der Waals surface area contributed by atoms with Crippen molar-refractivity contribution in [3.63, 3.8) is 0 Å². The minimum Gasteiger partial charge on any atom is -0.303 e. The lowest BCUT2D eigenvalue weighted by molar-refractivity contribution is 0.146. The Hall–Kier alpha value is 0.650. The van der Waals surface area contributed by atoms with Gasteiger partial charge in [-0.2, -0.15) is 0 Å². The zero-order chi connectivity index (χ0) is 10.7. The molecule has 0 unspecified atom stereocenters. The molecule has 3 heteroatoms. The Bertz CT molecular complexity index is 162. The van der Waals surface area contributed by atoms with Crippen LogP contribution in [0.25, 0.3) is 0 Å². The predicted molar refractivity (Wildman–Crippen MR) is 73.2 cm³/mol. The van der Waals surface area contributed by atoms with Gasteiger partial charge in [-0.1, -0.05) is 6.92 Å². The summed E-state index contributed by atoms with van der Waals surface area (Å²) in [7, 11) is 0. The van der Waals surface area contributed by atoms with E-state index < -0.39 is 0 Å². The van der Waals surface area contributed by atoms with Gasteiger partial charge in [0.25, 0.3) is 0 Å². The van der Waals surface area contributed by atoms with E-state index in [4.69, 9.17) is 0 Å². The molecule has 0 aromatic rings. The third-order valence-electron chi connectivity index (χ3n) is 3.95. The van der Waals surface area contributed by atoms with E-state index in [1.807, 2.05) is 0 Å². The molecule has 2 heterocycles. The van der Waals surface area contributed by atoms with Crippen molar-refractivity contribution in [3.05, 3.63) is 0 Å². The third-order valence-corrected chi connectivity index (χ3v) is 4.92. The molecule has 0 aromatic heterocycles. The Morgan fingerprint density at radius 1 is 1.00 bits per heavy atom. The van der Waals surface area contributed by atoms with E-state index >= 15 is 0 Å². The highest BCUT2D eigenvalue weighted by Gasteiger charge is 2.22. The maximum Gasteiger partial charge on any atom is 0.0201 e. The third kappa shape index (κ3) is 3.86. The van der Waals surface area contributed by atoms with Gasteiger partial charge in [-0.05, 0) is 50.6 Å². The zero-order valence-electron chi connectivity index (χ0n) is 9.79. The van der Waals surface area contributed by atoms with Crippen LogP contribution in [0.15, 0.2) is 0 Å². The van der Waals surface area contributed by atoms with E-state index in [0.29, 0.717) is 0 Å². The lowest BCUT2D eigenvalue weighted by Crippen LogP contribution is -2.39. The van der Waals surface area contributed by atoms with Crippen LogP contribution in [0.4, 0.5) is 0 Å². The molecule has 15 heavy (non-hydrogen) atoms. The second kappa shape index (κ2) is 5.82. The summed E-state index contributed by atoms with van der Waals surface area (Å²) in [6.07, 6.45) is 5.67. The summed E-state index contributed by atoms with van der Waals surface area (Å²) in [4.78, 5) is 2.70. The topological polar surface area (TPSA) is 6.48 Å². The van der Waals surface area contributed by atoms with Crippen LogP contribution in [0.2, 0.25) is 0 Å². The number of nitrogens with zero attached hydrogens (tertiary/aromatic N) is 2. The fourth-order valence-electron chi connectivity index (χ4n) is 2.69. The summed E-state index contributed by atoms with van der Waals surface area (Å²) in [5, 5.41) is 0. The summed E-state index contributed by atoms with van der Waals surface area (Å²) in [6, 6.07) is 0. The molecule has 2 nitrogen and oxygen atoms in total. The van der Waals surface area contributed by atoms with E-state index in [-0.39, 0.29) is 0 Å². The Balaban J connectivity index is 1.68. The van der Waals surface area contributed by atoms with Crippen molar-refractivity contribution < 1.29 is 0 Å². The number of hydrogen-bond donors (Lipinski definition) is 0. The number of likely N-dealkylation sites (tertiary alicyclic amines) is 1. The van der Waals surface area contributed by atoms with Crippen LogP contribution >= 0.6 is 22.9 Å². The van der Waals surface area contributed by atoms with Crippen molar-refractivity contribution in [2.45, 2.75) is 32.6 Å². The molecule has 2 aliphatic heterocycles. The molecule has 0 N–H and O–H groups in total. The summed E-state index contributed by atoms with van der Waals surface area (Å²) < 4.78 is 2.44. The van der Waals surface area contributed by atoms with Gasteiger partial charge in [0.15, 0.2) is 0 Å². The van der Waals surface area contributed by atoms with Crippen LogP contribution in [0.3, 0.4) is 0 Å². The van der Waals surface area contributed by atoms with Crippen molar-refractivity contribution in [2.24, 2.45) is 11.8 Å². The van der Waals surface area contributed by atoms with Crippen molar-refractivity contribution in [2.75, 3.05) is 32.7 Å². The Kier molecular flexibility index (Phi) is 4.70. The van der Waals surface area contributed by atoms with E-state index in [2.05, 4.69) is 37.8 Å². The van der Waals surface area contributed by atoms with E-state index in [1.54, 1.807) is 0 Å². The average Bonchev–Trinajstić information content (AvgIpc) is 2.25. The maximum absolute atomic E-state index is 2.70. The van der Waals surface area contributed by atoms with E-state index in [1.165, 1.54) is 58.4 Å². The van der Waals surface area contributed by atoms with Crippen molar-refractivity contribution in [3.8, 4) is 0 Å². The fraction of sp³-hybridized carbons (Fsp3) is 1.00. The minimum absolute atomic E-state index is 0.970. The van der Waals surface area contributed by atoms with Crippen LogP contribution in [-0.2, 0) is 0 Å². The van der Waals surface area contributed by atoms with Crippen LogP contribution < -0.4 is 0 Å². The average molecular weight is 322 g/mol. The van der Waals surface area contributed by atoms with Gasteiger partial charge in [0, 0.05) is 42.5 Å². The number of hydrogen-bond acceptors (Lipinski definition) is 2. The molecule has 0 aliphatic carbocycles. The van der Waals surface area contributed by atoms with Gasteiger partial charge in [-0.3, -0.25) is 0 Å². The summed E-state index contributed by atoms with van der Waals surface area (Å²) in [5.41, 5.74) is 0. The highest BCUT2D eigenvalue weighted by Crippen LogP contribution is 2.23. The van der Waals surface area contributed by atoms with Crippen LogP contribution in [0.5, 0.6) is 0 Å². The molecule has 2 aliphatic rings. The molecule has 0 saturated carbocycles. The van der Waals surface area contributed by atoms with Crippen molar-refractivity contribution in [1.82, 2.24) is 8.01 Å². The molecular weight excluding hydrogens is 299 g/mol. The Morgan fingerprint density at radius 2 is 1.60 bits per heavy atom. The Morgan fingerprint density at radius 3 is 2.20 bits per heavy atom. The van der Waals surface area contributed by atoms with Crippen LogP contribution in [-0.4, -0.2) is 40.7 Å². The van der Waals surface area contributed by atoms with Gasteiger partial charge in [0.1, 0.15) is 0 Å². The minimum atomic E-state index is 0.970. The molecule has 0 amide bonds. The zero-order valence-corrected chi connectivity index (χ0v) is 11.9. The second-order valence-corrected chi connectivity index (χ2v) is 6.70. The number of halogens is 1. The lowest BCUT2D eigenvalue weighted by atomic mass is 9.94. The molecule has 0 spiro atoms. The smallest absolute Gasteiger partial charge is 0.0201 e. The van der Waals surface area contributed by atoms with Gasteiger partial charge < -0.3 is 4.90 Å². The summed E-state index contributed by atoms with van der Waals surface area (Å²) >= 11 is 2.46. The maximum atomic E-state index is 2.70. The van der Waals surface area contributed by atoms with Crippen molar-refractivity contribution >= 4 is 22.9 Å². The van der Waals surface area contributed by atoms with Crippen LogP contribution in [0, 0.1) is 11.8 Å². The lowest BCUT2D eigenvalue weighted by Gasteiger charge is -2.35.